The topological polar surface area (TPSA) is 87.7 Å². The smallest absolute Gasteiger partial charge is 0.341 e. The summed E-state index contributed by atoms with van der Waals surface area (Å²) in [4.78, 5) is 24.2. The van der Waals surface area contributed by atoms with Crippen molar-refractivity contribution in [2.75, 3.05) is 12.4 Å². The number of methoxy groups -OCH3 is 1. The molecule has 0 amide bonds. The highest BCUT2D eigenvalue weighted by atomic mass is 32.1. The molecule has 0 fully saturated rings. The van der Waals surface area contributed by atoms with Crippen molar-refractivity contribution in [3.63, 3.8) is 0 Å². The number of nitrogens with one attached hydrogen (secondary N) is 2. The molecule has 1 aromatic heterocycles. The maximum atomic E-state index is 12.1. The molecule has 0 aliphatic heterocycles. The maximum absolute atomic E-state index is 12.1. The van der Waals surface area contributed by atoms with Gasteiger partial charge in [-0.3, -0.25) is 0 Å². The second-order valence-electron chi connectivity index (χ2n) is 5.86. The molecule has 1 aromatic carbocycles. The van der Waals surface area contributed by atoms with Crippen LogP contribution in [0.25, 0.3) is 0 Å². The molecule has 1 aliphatic carbocycles. The first kappa shape index (κ1) is 18.3. The second-order valence-corrected chi connectivity index (χ2v) is 7.38. The average molecular weight is 390 g/mol. The summed E-state index contributed by atoms with van der Waals surface area (Å²) in [7, 11) is 1.38. The van der Waals surface area contributed by atoms with Crippen LogP contribution in [-0.4, -0.2) is 29.3 Å². The summed E-state index contributed by atoms with van der Waals surface area (Å²) < 4.78 is 4.92. The number of carboxylic acids is 1. The molecule has 0 radical (unpaired) electrons. The van der Waals surface area contributed by atoms with E-state index in [1.807, 2.05) is 0 Å². The fraction of sp³-hybridized carbons (Fsp3) is 0.278. The number of thiocarbonyl (C=S) groups is 1. The molecule has 2 aromatic rings. The van der Waals surface area contributed by atoms with Crippen molar-refractivity contribution < 1.29 is 19.4 Å². The van der Waals surface area contributed by atoms with E-state index in [2.05, 4.69) is 10.6 Å². The fourth-order valence-corrected chi connectivity index (χ4v) is 4.43. The lowest BCUT2D eigenvalue weighted by Gasteiger charge is -2.11. The number of anilines is 1. The number of carbonyl (C=O) groups excluding carboxylic acids is 1. The van der Waals surface area contributed by atoms with E-state index in [0.29, 0.717) is 22.2 Å². The van der Waals surface area contributed by atoms with Gasteiger partial charge in [-0.1, -0.05) is 12.1 Å². The van der Waals surface area contributed by atoms with Gasteiger partial charge in [-0.25, -0.2) is 9.59 Å². The summed E-state index contributed by atoms with van der Waals surface area (Å²) in [6.45, 7) is 0.449. The Morgan fingerprint density at radius 2 is 2.00 bits per heavy atom. The van der Waals surface area contributed by atoms with E-state index >= 15 is 0 Å². The number of hydrogen-bond acceptors (Lipinski definition) is 5. The SMILES string of the molecule is COC(=O)c1c(NC(=S)NCc2ccc(C(=O)O)cc2)sc2c1CCC2. The van der Waals surface area contributed by atoms with Gasteiger partial charge in [-0.05, 0) is 54.7 Å². The van der Waals surface area contributed by atoms with Crippen molar-refractivity contribution in [3.8, 4) is 0 Å². The zero-order chi connectivity index (χ0) is 18.7. The Kier molecular flexibility index (Phi) is 5.53. The molecule has 1 aliphatic rings. The quantitative estimate of drug-likeness (QED) is 0.534. The zero-order valence-electron chi connectivity index (χ0n) is 14.1. The molecule has 0 saturated carbocycles. The van der Waals surface area contributed by atoms with Gasteiger partial charge in [0.15, 0.2) is 5.11 Å². The van der Waals surface area contributed by atoms with Crippen molar-refractivity contribution in [2.45, 2.75) is 25.8 Å². The molecule has 26 heavy (non-hydrogen) atoms. The lowest BCUT2D eigenvalue weighted by molar-refractivity contribution is 0.0600. The normalized spacial score (nSPS) is 12.3. The van der Waals surface area contributed by atoms with Gasteiger partial charge in [-0.2, -0.15) is 0 Å². The number of ether oxygens (including phenoxy) is 1. The lowest BCUT2D eigenvalue weighted by Crippen LogP contribution is -2.28. The van der Waals surface area contributed by atoms with Gasteiger partial charge < -0.3 is 20.5 Å². The van der Waals surface area contributed by atoms with Gasteiger partial charge in [0.1, 0.15) is 5.00 Å². The number of fused-ring (bicyclic) bond motifs is 1. The second kappa shape index (κ2) is 7.84. The van der Waals surface area contributed by atoms with Crippen LogP contribution >= 0.6 is 23.6 Å². The molecule has 0 atom stereocenters. The predicted molar refractivity (Wildman–Crippen MR) is 104 cm³/mol. The highest BCUT2D eigenvalue weighted by Gasteiger charge is 2.27. The molecule has 0 spiro atoms. The highest BCUT2D eigenvalue weighted by Crippen LogP contribution is 2.39. The summed E-state index contributed by atoms with van der Waals surface area (Å²) in [5.74, 6) is -1.30. The Labute approximate surface area is 160 Å². The zero-order valence-corrected chi connectivity index (χ0v) is 15.8. The van der Waals surface area contributed by atoms with Gasteiger partial charge in [0, 0.05) is 11.4 Å². The van der Waals surface area contributed by atoms with Crippen LogP contribution in [0.2, 0.25) is 0 Å². The number of carboxylic acid groups (broad SMARTS) is 1. The molecule has 136 valence electrons. The Morgan fingerprint density at radius 3 is 2.65 bits per heavy atom. The summed E-state index contributed by atoms with van der Waals surface area (Å²) >= 11 is 6.87. The van der Waals surface area contributed by atoms with E-state index in [0.717, 1.165) is 30.4 Å². The predicted octanol–water partition coefficient (Wildman–Crippen LogP) is 3.21. The van der Waals surface area contributed by atoms with Crippen molar-refractivity contribution >= 4 is 45.6 Å². The van der Waals surface area contributed by atoms with Crippen LogP contribution in [0.3, 0.4) is 0 Å². The summed E-state index contributed by atoms with van der Waals surface area (Å²) in [5.41, 5.74) is 2.79. The van der Waals surface area contributed by atoms with Crippen LogP contribution in [0.4, 0.5) is 5.00 Å². The van der Waals surface area contributed by atoms with Gasteiger partial charge in [0.25, 0.3) is 0 Å². The van der Waals surface area contributed by atoms with Crippen LogP contribution in [0, 0.1) is 0 Å². The molecule has 8 heteroatoms. The summed E-state index contributed by atoms with van der Waals surface area (Å²) in [6.07, 6.45) is 2.91. The molecule has 0 bridgehead atoms. The van der Waals surface area contributed by atoms with E-state index in [4.69, 9.17) is 22.1 Å². The number of esters is 1. The first-order valence-corrected chi connectivity index (χ1v) is 9.32. The standard InChI is InChI=1S/C18H18N2O4S2/c1-24-17(23)14-12-3-2-4-13(12)26-15(14)20-18(25)19-9-10-5-7-11(8-6-10)16(21)22/h5-8H,2-4,9H2,1H3,(H,21,22)(H2,19,20,25). The molecule has 0 saturated heterocycles. The highest BCUT2D eigenvalue weighted by molar-refractivity contribution is 7.80. The number of rotatable bonds is 5. The molecule has 6 nitrogen and oxygen atoms in total. The van der Waals surface area contributed by atoms with Gasteiger partial charge in [-0.15, -0.1) is 11.3 Å². The van der Waals surface area contributed by atoms with Crippen molar-refractivity contribution in [2.24, 2.45) is 0 Å². The monoisotopic (exact) mass is 390 g/mol. The van der Waals surface area contributed by atoms with Crippen LogP contribution in [-0.2, 0) is 24.1 Å². The Hall–Kier alpha value is -2.45. The van der Waals surface area contributed by atoms with Crippen LogP contribution < -0.4 is 10.6 Å². The van der Waals surface area contributed by atoms with E-state index < -0.39 is 5.97 Å². The van der Waals surface area contributed by atoms with Gasteiger partial charge >= 0.3 is 11.9 Å². The number of hydrogen-bond donors (Lipinski definition) is 3. The third kappa shape index (κ3) is 3.86. The first-order chi connectivity index (χ1) is 12.5. The van der Waals surface area contributed by atoms with Crippen LogP contribution in [0.15, 0.2) is 24.3 Å². The molecular formula is C18H18N2O4S2. The fourth-order valence-electron chi connectivity index (χ4n) is 2.91. The largest absolute Gasteiger partial charge is 0.478 e. The summed E-state index contributed by atoms with van der Waals surface area (Å²) in [5, 5.41) is 16.2. The first-order valence-electron chi connectivity index (χ1n) is 8.09. The number of benzene rings is 1. The number of carbonyl (C=O) groups is 2. The maximum Gasteiger partial charge on any atom is 0.341 e. The van der Waals surface area contributed by atoms with E-state index in [1.54, 1.807) is 35.6 Å². The van der Waals surface area contributed by atoms with Crippen LogP contribution in [0.1, 0.15) is 43.1 Å². The minimum Gasteiger partial charge on any atom is -0.478 e. The number of aromatic carboxylic acids is 1. The average Bonchev–Trinajstić information content (AvgIpc) is 3.20. The molecular weight excluding hydrogens is 372 g/mol. The van der Waals surface area contributed by atoms with Crippen LogP contribution in [0.5, 0.6) is 0 Å². The lowest BCUT2D eigenvalue weighted by atomic mass is 10.1. The van der Waals surface area contributed by atoms with Crippen molar-refractivity contribution in [1.82, 2.24) is 5.32 Å². The third-order valence-corrected chi connectivity index (χ3v) is 5.65. The minimum absolute atomic E-state index is 0.241. The van der Waals surface area contributed by atoms with Gasteiger partial charge in [0.05, 0.1) is 18.2 Å². The number of aryl methyl sites for hydroxylation is 1. The molecule has 0 unspecified atom stereocenters. The summed E-state index contributed by atoms with van der Waals surface area (Å²) in [6, 6.07) is 6.57. The van der Waals surface area contributed by atoms with E-state index in [9.17, 15) is 9.59 Å². The third-order valence-electron chi connectivity index (χ3n) is 4.19. The van der Waals surface area contributed by atoms with Gasteiger partial charge in [0.2, 0.25) is 0 Å². The van der Waals surface area contributed by atoms with Crippen molar-refractivity contribution in [3.05, 3.63) is 51.4 Å². The Bertz CT molecular complexity index is 859. The molecule has 3 N–H and O–H groups in total. The van der Waals surface area contributed by atoms with E-state index in [1.165, 1.54) is 12.0 Å². The Balaban J connectivity index is 1.65. The molecule has 1 heterocycles. The number of thiophene rings is 1. The Morgan fingerprint density at radius 1 is 1.27 bits per heavy atom. The van der Waals surface area contributed by atoms with Crippen molar-refractivity contribution in [1.29, 1.82) is 0 Å². The minimum atomic E-state index is -0.956. The van der Waals surface area contributed by atoms with E-state index in [-0.39, 0.29) is 11.5 Å². The molecule has 3 rings (SSSR count).